The first-order valence-electron chi connectivity index (χ1n) is 12.5. The van der Waals surface area contributed by atoms with Gasteiger partial charge in [-0.25, -0.2) is 4.79 Å². The van der Waals surface area contributed by atoms with Crippen molar-refractivity contribution >= 4 is 11.9 Å². The van der Waals surface area contributed by atoms with Crippen LogP contribution in [0.25, 0.3) is 0 Å². The van der Waals surface area contributed by atoms with Gasteiger partial charge in [0, 0.05) is 30.7 Å². The van der Waals surface area contributed by atoms with Crippen LogP contribution in [0.2, 0.25) is 0 Å². The second kappa shape index (κ2) is 7.62. The maximum Gasteiger partial charge on any atom is 0.512 e. The molecule has 0 radical (unpaired) electrons. The third-order valence-corrected chi connectivity index (χ3v) is 9.28. The van der Waals surface area contributed by atoms with Crippen molar-refractivity contribution in [2.75, 3.05) is 27.4 Å². The smallest absolute Gasteiger partial charge is 0.493 e. The van der Waals surface area contributed by atoms with E-state index < -0.39 is 12.3 Å². The molecule has 6 rings (SSSR count). The summed E-state index contributed by atoms with van der Waals surface area (Å²) in [6.07, 6.45) is 7.50. The summed E-state index contributed by atoms with van der Waals surface area (Å²) in [6, 6.07) is 4.37. The van der Waals surface area contributed by atoms with Crippen LogP contribution in [0.3, 0.4) is 0 Å². The minimum absolute atomic E-state index is 0.00288. The molecule has 178 valence electrons. The van der Waals surface area contributed by atoms with Crippen molar-refractivity contribution < 1.29 is 33.0 Å². The number of piperidine rings is 1. The number of Topliss-reactive ketones (excluding diaryl/α,β-unsaturated/α-hetero) is 1. The number of rotatable bonds is 4. The molecule has 1 aromatic carbocycles. The molecule has 7 nitrogen and oxygen atoms in total. The Morgan fingerprint density at radius 2 is 2.03 bits per heavy atom. The van der Waals surface area contributed by atoms with Crippen molar-refractivity contribution in [1.82, 2.24) is 0 Å². The minimum atomic E-state index is -0.536. The summed E-state index contributed by atoms with van der Waals surface area (Å²) in [7, 11) is 3.85. The lowest BCUT2D eigenvalue weighted by molar-refractivity contribution is -0.959. The van der Waals surface area contributed by atoms with Crippen molar-refractivity contribution in [2.45, 2.75) is 81.5 Å². The molecule has 0 amide bonds. The predicted molar refractivity (Wildman–Crippen MR) is 119 cm³/mol. The van der Waals surface area contributed by atoms with Gasteiger partial charge in [0.15, 0.2) is 23.4 Å². The monoisotopic (exact) mass is 456 g/mol. The van der Waals surface area contributed by atoms with Crippen molar-refractivity contribution in [3.8, 4) is 11.5 Å². The first kappa shape index (κ1) is 21.3. The first-order chi connectivity index (χ1) is 16.0. The van der Waals surface area contributed by atoms with Gasteiger partial charge in [-0.2, -0.15) is 0 Å². The lowest BCUT2D eigenvalue weighted by Gasteiger charge is -2.59. The van der Waals surface area contributed by atoms with Crippen LogP contribution >= 0.6 is 0 Å². The Morgan fingerprint density at radius 1 is 1.21 bits per heavy atom. The molecule has 1 spiro atoms. The molecule has 1 aromatic rings. The summed E-state index contributed by atoms with van der Waals surface area (Å²) < 4.78 is 24.0. The summed E-state index contributed by atoms with van der Waals surface area (Å²) in [5.74, 6) is 2.03. The molecule has 2 saturated carbocycles. The number of hydrogen-bond acceptors (Lipinski definition) is 6. The van der Waals surface area contributed by atoms with Gasteiger partial charge in [0.1, 0.15) is 6.10 Å². The van der Waals surface area contributed by atoms with Gasteiger partial charge >= 0.3 is 6.16 Å². The highest BCUT2D eigenvalue weighted by Gasteiger charge is 2.69. The Labute approximate surface area is 194 Å². The van der Waals surface area contributed by atoms with Crippen LogP contribution in [0.4, 0.5) is 4.79 Å². The van der Waals surface area contributed by atoms with Gasteiger partial charge in [-0.15, -0.1) is 0 Å². The van der Waals surface area contributed by atoms with Crippen LogP contribution in [0.5, 0.6) is 11.5 Å². The fraction of sp³-hybridized carbons (Fsp3) is 0.692. The Hall–Kier alpha value is -2.28. The van der Waals surface area contributed by atoms with Crippen molar-refractivity contribution in [3.05, 3.63) is 23.3 Å². The maximum atomic E-state index is 13.0. The van der Waals surface area contributed by atoms with Crippen LogP contribution < -0.4 is 9.47 Å². The standard InChI is InChI=1S/C26H34NO6/c1-27(15-31-25(29)32-17-6-4-3-5-7-17)13-12-26-18-9-10-20(28)24(26)33-23-21(30-2)11-8-16(22(23)26)14-19(18)27/h8,11,17-19,24H,3-7,9-10,12-15H2,1-2H3/q+1. The predicted octanol–water partition coefficient (Wildman–Crippen LogP) is 3.89. The van der Waals surface area contributed by atoms with Gasteiger partial charge in [0.05, 0.1) is 32.2 Å². The van der Waals surface area contributed by atoms with E-state index in [1.165, 1.54) is 17.5 Å². The van der Waals surface area contributed by atoms with Crippen LogP contribution in [-0.2, 0) is 26.1 Å². The number of ether oxygens (including phenoxy) is 4. The number of methoxy groups -OCH3 is 1. The SMILES string of the molecule is COc1ccc2c3c1OC1C(=O)CCC4C(C2)[N+](C)(COC(=O)OC2CCCCC2)CCC314. The maximum absolute atomic E-state index is 13.0. The average Bonchev–Trinajstić information content (AvgIpc) is 3.18. The van der Waals surface area contributed by atoms with E-state index >= 15 is 0 Å². The van der Waals surface area contributed by atoms with E-state index in [1.54, 1.807) is 7.11 Å². The van der Waals surface area contributed by atoms with Crippen molar-refractivity contribution in [1.29, 1.82) is 0 Å². The number of benzene rings is 1. The molecule has 2 heterocycles. The van der Waals surface area contributed by atoms with E-state index in [-0.39, 0.29) is 23.3 Å². The number of carbonyl (C=O) groups is 2. The molecule has 7 heteroatoms. The Morgan fingerprint density at radius 3 is 2.82 bits per heavy atom. The molecule has 5 aliphatic rings. The van der Waals surface area contributed by atoms with Gasteiger partial charge in [-0.05, 0) is 43.7 Å². The van der Waals surface area contributed by atoms with Crippen LogP contribution in [0, 0.1) is 5.92 Å². The molecule has 0 N–H and O–H groups in total. The molecule has 2 aliphatic heterocycles. The minimum Gasteiger partial charge on any atom is -0.493 e. The van der Waals surface area contributed by atoms with Crippen LogP contribution in [0.15, 0.2) is 12.1 Å². The van der Waals surface area contributed by atoms with Gasteiger partial charge in [0.2, 0.25) is 6.73 Å². The molecule has 3 fully saturated rings. The number of quaternary nitrogens is 1. The zero-order valence-corrected chi connectivity index (χ0v) is 19.6. The topological polar surface area (TPSA) is 71.1 Å². The molecule has 1 saturated heterocycles. The third-order valence-electron chi connectivity index (χ3n) is 9.28. The van der Waals surface area contributed by atoms with E-state index in [9.17, 15) is 9.59 Å². The Kier molecular flexibility index (Phi) is 4.91. The third kappa shape index (κ3) is 3.04. The van der Waals surface area contributed by atoms with Crippen LogP contribution in [-0.4, -0.2) is 62.1 Å². The zero-order chi connectivity index (χ0) is 22.8. The Balaban J connectivity index is 1.28. The van der Waals surface area contributed by atoms with Crippen molar-refractivity contribution in [3.63, 3.8) is 0 Å². The van der Waals surface area contributed by atoms with Crippen molar-refractivity contribution in [2.24, 2.45) is 5.92 Å². The first-order valence-corrected chi connectivity index (χ1v) is 12.5. The van der Waals surface area contributed by atoms with Gasteiger partial charge in [0.25, 0.3) is 0 Å². The quantitative estimate of drug-likeness (QED) is 0.506. The van der Waals surface area contributed by atoms with Gasteiger partial charge in [-0.3, -0.25) is 9.28 Å². The summed E-state index contributed by atoms with van der Waals surface area (Å²) in [5, 5.41) is 0. The van der Waals surface area contributed by atoms with Gasteiger partial charge in [-0.1, -0.05) is 12.5 Å². The molecule has 0 aromatic heterocycles. The number of nitrogens with zero attached hydrogens (tertiary/aromatic N) is 1. The summed E-state index contributed by atoms with van der Waals surface area (Å²) in [6.45, 7) is 1.14. The van der Waals surface area contributed by atoms with E-state index in [0.29, 0.717) is 23.6 Å². The van der Waals surface area contributed by atoms with E-state index in [0.717, 1.165) is 63.0 Å². The number of hydrogen-bond donors (Lipinski definition) is 0. The molecule has 3 aliphatic carbocycles. The fourth-order valence-corrected chi connectivity index (χ4v) is 7.66. The lowest BCUT2D eigenvalue weighted by atomic mass is 9.51. The van der Waals surface area contributed by atoms with Crippen LogP contribution in [0.1, 0.15) is 62.5 Å². The second-order valence-corrected chi connectivity index (χ2v) is 10.9. The molecule has 5 unspecified atom stereocenters. The van der Waals surface area contributed by atoms with E-state index in [2.05, 4.69) is 13.1 Å². The highest BCUT2D eigenvalue weighted by atomic mass is 16.7. The Bertz CT molecular complexity index is 987. The number of likely N-dealkylation sites (tertiary alicyclic amines) is 1. The average molecular weight is 457 g/mol. The van der Waals surface area contributed by atoms with Gasteiger partial charge < -0.3 is 18.9 Å². The highest BCUT2D eigenvalue weighted by molar-refractivity contribution is 5.89. The second-order valence-electron chi connectivity index (χ2n) is 10.9. The number of carbonyl (C=O) groups excluding carboxylic acids is 2. The normalized spacial score (nSPS) is 36.5. The molecular weight excluding hydrogens is 422 g/mol. The lowest BCUT2D eigenvalue weighted by Crippen LogP contribution is -2.72. The zero-order valence-electron chi connectivity index (χ0n) is 19.6. The highest BCUT2D eigenvalue weighted by Crippen LogP contribution is 2.64. The van der Waals surface area contributed by atoms with E-state index in [1.807, 2.05) is 6.07 Å². The molecule has 33 heavy (non-hydrogen) atoms. The molecule has 5 atom stereocenters. The fourth-order valence-electron chi connectivity index (χ4n) is 7.66. The number of ketones is 1. The summed E-state index contributed by atoms with van der Waals surface area (Å²) in [4.78, 5) is 25.5. The summed E-state index contributed by atoms with van der Waals surface area (Å²) in [5.41, 5.74) is 2.18. The van der Waals surface area contributed by atoms with E-state index in [4.69, 9.17) is 18.9 Å². The number of likely N-dealkylation sites (N-methyl/N-ethyl adjacent to an activating group) is 1. The largest absolute Gasteiger partial charge is 0.512 e. The molecule has 2 bridgehead atoms. The molecular formula is C26H34NO6+. The summed E-state index contributed by atoms with van der Waals surface area (Å²) >= 11 is 0.